The van der Waals surface area contributed by atoms with Crippen LogP contribution in [0.4, 0.5) is 13.2 Å². The molecule has 356 valence electrons. The second-order valence-corrected chi connectivity index (χ2v) is 17.7. The van der Waals surface area contributed by atoms with Crippen molar-refractivity contribution in [1.82, 2.24) is 24.9 Å². The van der Waals surface area contributed by atoms with Crippen LogP contribution in [0.1, 0.15) is 69.0 Å². The fraction of sp³-hybridized carbons (Fsp3) is 0.426. The minimum Gasteiger partial charge on any atom is -0.497 e. The number of H-pyrrole nitrogens is 1. The molecular weight excluding hydrogens is 897 g/mol. The van der Waals surface area contributed by atoms with E-state index in [0.29, 0.717) is 11.5 Å². The van der Waals surface area contributed by atoms with Crippen molar-refractivity contribution in [3.05, 3.63) is 128 Å². The minimum atomic E-state index is -5.17. The summed E-state index contributed by atoms with van der Waals surface area (Å²) in [6.45, 7) is 6.73. The Bertz CT molecular complexity index is 2520. The largest absolute Gasteiger partial charge is 0.497 e. The Hall–Kier alpha value is -6.05. The number of rotatable bonds is 19. The monoisotopic (exact) mass is 948 g/mol. The number of nitrogens with zero attached hydrogens (tertiary/aromatic N) is 3. The van der Waals surface area contributed by atoms with Gasteiger partial charge in [-0.3, -0.25) is 23.9 Å². The van der Waals surface area contributed by atoms with Crippen molar-refractivity contribution in [3.8, 4) is 29.4 Å². The highest BCUT2D eigenvalue weighted by atomic mass is 31.2. The SMILES string of the molecule is COc1ccc(C(CC23COC([C@H](n4cc(C#CCNC(=O)CNC(=O)C(F)(F)F)c(=O)[nH]c4=O)O2)[C@H]3OP(OCCC#N)N(C(C)C)C(C)C)(c2ccccc2)c2ccc(OC)cc2)cc1. The van der Waals surface area contributed by atoms with Crippen molar-refractivity contribution in [1.29, 1.82) is 5.26 Å². The van der Waals surface area contributed by atoms with E-state index < -0.39 is 80.3 Å². The molecule has 3 heterocycles. The van der Waals surface area contributed by atoms with Crippen LogP contribution >= 0.6 is 8.53 Å². The van der Waals surface area contributed by atoms with Gasteiger partial charge in [-0.15, -0.1) is 0 Å². The molecule has 0 spiro atoms. The van der Waals surface area contributed by atoms with Crippen molar-refractivity contribution in [2.45, 2.75) is 88.2 Å². The third-order valence-corrected chi connectivity index (χ3v) is 13.5. The summed E-state index contributed by atoms with van der Waals surface area (Å²) in [6.07, 6.45) is -6.84. The van der Waals surface area contributed by atoms with Gasteiger partial charge in [-0.2, -0.15) is 18.4 Å². The quantitative estimate of drug-likeness (QED) is 0.0466. The van der Waals surface area contributed by atoms with Crippen molar-refractivity contribution >= 4 is 20.3 Å². The second kappa shape index (κ2) is 21.7. The van der Waals surface area contributed by atoms with Gasteiger partial charge in [-0.1, -0.05) is 66.4 Å². The number of ether oxygens (including phenoxy) is 4. The molecule has 3 aromatic carbocycles. The van der Waals surface area contributed by atoms with E-state index in [1.807, 2.05) is 107 Å². The molecule has 2 saturated heterocycles. The molecule has 2 amide bonds. The fourth-order valence-corrected chi connectivity index (χ4v) is 10.2. The molecule has 20 heteroatoms. The average molecular weight is 949 g/mol. The van der Waals surface area contributed by atoms with Gasteiger partial charge in [0.15, 0.2) is 6.23 Å². The summed E-state index contributed by atoms with van der Waals surface area (Å²) in [6, 6.07) is 27.3. The van der Waals surface area contributed by atoms with Crippen molar-refractivity contribution in [2.24, 2.45) is 0 Å². The topological polar surface area (TPSA) is 195 Å². The molecule has 2 aliphatic heterocycles. The molecule has 2 bridgehead atoms. The maximum absolute atomic E-state index is 13.9. The Balaban J connectivity index is 1.47. The molecule has 2 fully saturated rings. The number of carbonyl (C=O) groups excluding carboxylic acids is 2. The van der Waals surface area contributed by atoms with Crippen LogP contribution in [0, 0.1) is 23.2 Å². The van der Waals surface area contributed by atoms with E-state index in [1.54, 1.807) is 14.2 Å². The number of benzene rings is 3. The lowest BCUT2D eigenvalue weighted by molar-refractivity contribution is -0.180. The van der Waals surface area contributed by atoms with Crippen LogP contribution in [0.2, 0.25) is 0 Å². The fourth-order valence-electron chi connectivity index (χ4n) is 8.40. The van der Waals surface area contributed by atoms with Crippen LogP contribution in [-0.4, -0.2) is 103 Å². The van der Waals surface area contributed by atoms with Gasteiger partial charge in [0.25, 0.3) is 14.1 Å². The van der Waals surface area contributed by atoms with Gasteiger partial charge in [0.2, 0.25) is 5.91 Å². The van der Waals surface area contributed by atoms with Gasteiger partial charge in [-0.25, -0.2) is 9.46 Å². The van der Waals surface area contributed by atoms with E-state index in [1.165, 1.54) is 11.5 Å². The van der Waals surface area contributed by atoms with Crippen molar-refractivity contribution in [2.75, 3.05) is 40.5 Å². The first-order valence-electron chi connectivity index (χ1n) is 21.3. The average Bonchev–Trinajstić information content (AvgIpc) is 3.79. The Morgan fingerprint density at radius 1 is 0.940 bits per heavy atom. The molecule has 0 radical (unpaired) electrons. The predicted octanol–water partition coefficient (Wildman–Crippen LogP) is 5.45. The molecule has 0 aliphatic carbocycles. The first-order valence-corrected chi connectivity index (χ1v) is 22.5. The summed E-state index contributed by atoms with van der Waals surface area (Å²) >= 11 is 0. The molecule has 1 aromatic heterocycles. The lowest BCUT2D eigenvalue weighted by atomic mass is 9.63. The number of amides is 2. The van der Waals surface area contributed by atoms with E-state index in [9.17, 15) is 37.6 Å². The van der Waals surface area contributed by atoms with Crippen LogP contribution in [-0.2, 0) is 33.5 Å². The molecule has 3 N–H and O–H groups in total. The van der Waals surface area contributed by atoms with Gasteiger partial charge in [0, 0.05) is 23.7 Å². The van der Waals surface area contributed by atoms with Gasteiger partial charge in [0.05, 0.1) is 53.0 Å². The number of halogens is 3. The number of methoxy groups -OCH3 is 2. The number of carbonyl (C=O) groups is 2. The zero-order valence-corrected chi connectivity index (χ0v) is 38.6. The highest BCUT2D eigenvalue weighted by molar-refractivity contribution is 7.44. The molecule has 4 aromatic rings. The van der Waals surface area contributed by atoms with Crippen LogP contribution in [0.15, 0.2) is 94.6 Å². The number of nitrogens with one attached hydrogen (secondary N) is 3. The first kappa shape index (κ1) is 50.4. The molecular formula is C47H52F3N6O10P. The summed E-state index contributed by atoms with van der Waals surface area (Å²) in [7, 11) is 1.26. The highest BCUT2D eigenvalue weighted by Gasteiger charge is 2.66. The number of nitriles is 1. The number of hydrogen-bond acceptors (Lipinski definition) is 12. The maximum Gasteiger partial charge on any atom is 0.471 e. The molecule has 16 nitrogen and oxygen atoms in total. The molecule has 67 heavy (non-hydrogen) atoms. The summed E-state index contributed by atoms with van der Waals surface area (Å²) in [5, 5.41) is 13.2. The van der Waals surface area contributed by atoms with E-state index >= 15 is 0 Å². The number of hydrogen-bond donors (Lipinski definition) is 3. The van der Waals surface area contributed by atoms with E-state index in [4.69, 9.17) is 28.0 Å². The standard InChI is InChI=1S/C47H52F3N6O10P/c1-30(2)56(31(3)4)67(64-25-11-23-51)66-40-39-42(55-27-32(41(58)54-44(55)60)12-10-24-52-38(57)26-53-43(59)47(48,49)50)65-45(40,29-63-39)28-46(33-13-8-7-9-14-33,34-15-19-36(61-5)20-16-34)35-17-21-37(62-6)22-18-35/h7-9,13-22,27,30-31,39-40,42H,11,24-26,28-29H2,1-6H3,(H,52,57)(H,53,59)(H,54,58,60)/t39?,40-,42-,45?,67?/m1/s1. The zero-order chi connectivity index (χ0) is 48.5. The van der Waals surface area contributed by atoms with Crippen LogP contribution in [0.5, 0.6) is 11.5 Å². The lowest BCUT2D eigenvalue weighted by Crippen LogP contribution is -2.49. The molecule has 0 saturated carbocycles. The number of fused-ring (bicyclic) bond motifs is 2. The van der Waals surface area contributed by atoms with Crippen LogP contribution < -0.4 is 31.4 Å². The second-order valence-electron chi connectivity index (χ2n) is 16.3. The molecule has 3 unspecified atom stereocenters. The summed E-state index contributed by atoms with van der Waals surface area (Å²) < 4.78 is 79.5. The third kappa shape index (κ3) is 11.2. The summed E-state index contributed by atoms with van der Waals surface area (Å²) in [4.78, 5) is 52.5. The van der Waals surface area contributed by atoms with Crippen LogP contribution in [0.25, 0.3) is 0 Å². The Morgan fingerprint density at radius 3 is 2.09 bits per heavy atom. The van der Waals surface area contributed by atoms with Gasteiger partial charge in [0.1, 0.15) is 34.9 Å². The smallest absolute Gasteiger partial charge is 0.471 e. The third-order valence-electron chi connectivity index (χ3n) is 11.3. The molecule has 5 atom stereocenters. The molecule has 2 aliphatic rings. The van der Waals surface area contributed by atoms with Crippen molar-refractivity contribution < 1.29 is 50.8 Å². The van der Waals surface area contributed by atoms with Gasteiger partial charge >= 0.3 is 17.8 Å². The Labute approximate surface area is 386 Å². The number of alkyl halides is 3. The highest BCUT2D eigenvalue weighted by Crippen LogP contribution is 2.59. The molecule has 6 rings (SSSR count). The normalized spacial score (nSPS) is 19.4. The summed E-state index contributed by atoms with van der Waals surface area (Å²) in [5.41, 5.74) is -1.68. The Kier molecular flexibility index (Phi) is 16.3. The lowest BCUT2D eigenvalue weighted by Gasteiger charge is -2.44. The number of aromatic amines is 1. The predicted molar refractivity (Wildman–Crippen MR) is 240 cm³/mol. The van der Waals surface area contributed by atoms with Crippen molar-refractivity contribution in [3.63, 3.8) is 0 Å². The minimum absolute atomic E-state index is 0.00165. The first-order chi connectivity index (χ1) is 32.0. The zero-order valence-electron chi connectivity index (χ0n) is 37.7. The summed E-state index contributed by atoms with van der Waals surface area (Å²) in [5.74, 6) is 3.19. The van der Waals surface area contributed by atoms with E-state index in [-0.39, 0.29) is 43.7 Å². The van der Waals surface area contributed by atoms with Gasteiger partial charge in [-0.05, 0) is 75.1 Å². The van der Waals surface area contributed by atoms with E-state index in [0.717, 1.165) is 21.3 Å². The Morgan fingerprint density at radius 2 is 1.54 bits per heavy atom. The van der Waals surface area contributed by atoms with E-state index in [2.05, 4.69) is 32.9 Å². The number of aromatic nitrogens is 2. The van der Waals surface area contributed by atoms with Gasteiger partial charge < -0.3 is 38.6 Å². The maximum atomic E-state index is 13.9. The van der Waals surface area contributed by atoms with Crippen LogP contribution in [0.3, 0.4) is 0 Å².